The fourth-order valence-electron chi connectivity index (χ4n) is 3.37. The molecular weight excluding hydrogens is 506 g/mol. The average Bonchev–Trinajstić information content (AvgIpc) is 3.06. The van der Waals surface area contributed by atoms with Gasteiger partial charge in [-0.25, -0.2) is 4.90 Å². The Morgan fingerprint density at radius 2 is 1.64 bits per heavy atom. The minimum atomic E-state index is -0.376. The van der Waals surface area contributed by atoms with Crippen molar-refractivity contribution in [3.8, 4) is 5.75 Å². The Bertz CT molecular complexity index is 1240. The second-order valence-electron chi connectivity index (χ2n) is 7.02. The van der Waals surface area contributed by atoms with E-state index in [4.69, 9.17) is 17.0 Å². The number of hydrogen-bond donors (Lipinski definition) is 2. The van der Waals surface area contributed by atoms with Crippen LogP contribution in [0, 0.1) is 0 Å². The standard InChI is InChI=1S/C24H18BrN3O4S/c1-2-32-20-12-7-14(13-19(20)25)21(29)27-24(33)26-15-8-10-16(11-9-15)28-22(30)17-5-3-4-6-18(17)23(28)31/h3-13H,2H2,1H3,(H2,26,27,29,33). The minimum Gasteiger partial charge on any atom is -0.493 e. The van der Waals surface area contributed by atoms with Crippen molar-refractivity contribution in [3.05, 3.63) is 87.9 Å². The Balaban J connectivity index is 1.40. The summed E-state index contributed by atoms with van der Waals surface area (Å²) in [6.45, 7) is 2.40. The lowest BCUT2D eigenvalue weighted by atomic mass is 10.1. The zero-order chi connectivity index (χ0) is 23.5. The number of nitrogens with one attached hydrogen (secondary N) is 2. The van der Waals surface area contributed by atoms with Gasteiger partial charge in [-0.3, -0.25) is 19.7 Å². The number of nitrogens with zero attached hydrogens (tertiary/aromatic N) is 1. The summed E-state index contributed by atoms with van der Waals surface area (Å²) in [6, 6.07) is 18.3. The normalized spacial score (nSPS) is 12.4. The number of anilines is 2. The number of carbonyl (C=O) groups excluding carboxylic acids is 3. The number of carbonyl (C=O) groups is 3. The number of fused-ring (bicyclic) bond motifs is 1. The van der Waals surface area contributed by atoms with E-state index in [0.717, 1.165) is 4.90 Å². The summed E-state index contributed by atoms with van der Waals surface area (Å²) in [5.74, 6) is -0.451. The van der Waals surface area contributed by atoms with Crippen molar-refractivity contribution in [2.45, 2.75) is 6.92 Å². The molecule has 0 fully saturated rings. The molecule has 3 amide bonds. The van der Waals surface area contributed by atoms with Gasteiger partial charge in [0.05, 0.1) is 27.9 Å². The second-order valence-corrected chi connectivity index (χ2v) is 8.29. The third kappa shape index (κ3) is 4.64. The molecule has 166 valence electrons. The van der Waals surface area contributed by atoms with Crippen molar-refractivity contribution in [2.24, 2.45) is 0 Å². The second kappa shape index (κ2) is 9.51. The molecule has 0 radical (unpaired) electrons. The summed E-state index contributed by atoms with van der Waals surface area (Å²) in [6.07, 6.45) is 0. The van der Waals surface area contributed by atoms with Crippen molar-refractivity contribution >= 4 is 62.4 Å². The SMILES string of the molecule is CCOc1ccc(C(=O)NC(=S)Nc2ccc(N3C(=O)c4ccccc4C3=O)cc2)cc1Br. The van der Waals surface area contributed by atoms with Crippen LogP contribution in [-0.4, -0.2) is 29.4 Å². The van der Waals surface area contributed by atoms with E-state index in [1.807, 2.05) is 6.92 Å². The van der Waals surface area contributed by atoms with Crippen LogP contribution in [0.4, 0.5) is 11.4 Å². The maximum atomic E-state index is 12.6. The number of ether oxygens (including phenoxy) is 1. The number of thiocarbonyl (C=S) groups is 1. The van der Waals surface area contributed by atoms with Gasteiger partial charge in [-0.2, -0.15) is 0 Å². The highest BCUT2D eigenvalue weighted by Crippen LogP contribution is 2.29. The minimum absolute atomic E-state index is 0.110. The molecule has 0 saturated heterocycles. The third-order valence-electron chi connectivity index (χ3n) is 4.90. The molecule has 1 aliphatic heterocycles. The highest BCUT2D eigenvalue weighted by atomic mass is 79.9. The molecule has 4 rings (SSSR count). The molecule has 1 aliphatic rings. The van der Waals surface area contributed by atoms with Gasteiger partial charge in [0.25, 0.3) is 17.7 Å². The van der Waals surface area contributed by atoms with Gasteiger partial charge < -0.3 is 10.1 Å². The lowest BCUT2D eigenvalue weighted by Gasteiger charge is -2.15. The van der Waals surface area contributed by atoms with Crippen LogP contribution in [0.3, 0.4) is 0 Å². The highest BCUT2D eigenvalue weighted by molar-refractivity contribution is 9.10. The van der Waals surface area contributed by atoms with Gasteiger partial charge in [-0.1, -0.05) is 12.1 Å². The zero-order valence-corrected chi connectivity index (χ0v) is 19.8. The Kier molecular flexibility index (Phi) is 6.52. The fraction of sp³-hybridized carbons (Fsp3) is 0.0833. The zero-order valence-electron chi connectivity index (χ0n) is 17.4. The molecule has 1 heterocycles. The molecule has 0 unspecified atom stereocenters. The molecular formula is C24H18BrN3O4S. The van der Waals surface area contributed by atoms with Gasteiger partial charge >= 0.3 is 0 Å². The Morgan fingerprint density at radius 3 is 2.21 bits per heavy atom. The van der Waals surface area contributed by atoms with Gasteiger partial charge in [-0.05, 0) is 89.7 Å². The fourth-order valence-corrected chi connectivity index (χ4v) is 4.07. The monoisotopic (exact) mass is 523 g/mol. The topological polar surface area (TPSA) is 87.7 Å². The first kappa shape index (κ1) is 22.6. The average molecular weight is 524 g/mol. The van der Waals surface area contributed by atoms with E-state index < -0.39 is 0 Å². The van der Waals surface area contributed by atoms with Gasteiger partial charge in [0.15, 0.2) is 5.11 Å². The van der Waals surface area contributed by atoms with Crippen molar-refractivity contribution in [1.82, 2.24) is 5.32 Å². The summed E-state index contributed by atoms with van der Waals surface area (Å²) < 4.78 is 6.11. The molecule has 7 nitrogen and oxygen atoms in total. The van der Waals surface area contributed by atoms with Gasteiger partial charge in [0.2, 0.25) is 0 Å². The molecule has 3 aromatic rings. The number of halogens is 1. The van der Waals surface area contributed by atoms with E-state index >= 15 is 0 Å². The Labute approximate surface area is 203 Å². The van der Waals surface area contributed by atoms with Gasteiger partial charge in [0.1, 0.15) is 5.75 Å². The molecule has 0 aliphatic carbocycles. The Hall–Kier alpha value is -3.56. The predicted molar refractivity (Wildman–Crippen MR) is 133 cm³/mol. The first-order valence-electron chi connectivity index (χ1n) is 10.0. The number of imide groups is 1. The van der Waals surface area contributed by atoms with Crippen molar-refractivity contribution in [3.63, 3.8) is 0 Å². The Morgan fingerprint density at radius 1 is 1.00 bits per heavy atom. The predicted octanol–water partition coefficient (Wildman–Crippen LogP) is 4.78. The maximum absolute atomic E-state index is 12.6. The van der Waals surface area contributed by atoms with Crippen molar-refractivity contribution in [2.75, 3.05) is 16.8 Å². The molecule has 2 N–H and O–H groups in total. The number of rotatable bonds is 5. The highest BCUT2D eigenvalue weighted by Gasteiger charge is 2.36. The van der Waals surface area contributed by atoms with Crippen LogP contribution in [0.25, 0.3) is 0 Å². The maximum Gasteiger partial charge on any atom is 0.266 e. The van der Waals surface area contributed by atoms with Crippen LogP contribution in [0.5, 0.6) is 5.75 Å². The third-order valence-corrected chi connectivity index (χ3v) is 5.72. The first-order valence-corrected chi connectivity index (χ1v) is 11.2. The summed E-state index contributed by atoms with van der Waals surface area (Å²) >= 11 is 8.62. The van der Waals surface area contributed by atoms with Crippen LogP contribution < -0.4 is 20.3 Å². The van der Waals surface area contributed by atoms with Crippen LogP contribution in [0.1, 0.15) is 38.0 Å². The largest absolute Gasteiger partial charge is 0.493 e. The molecule has 0 aromatic heterocycles. The molecule has 3 aromatic carbocycles. The molecule has 0 atom stereocenters. The van der Waals surface area contributed by atoms with Gasteiger partial charge in [-0.15, -0.1) is 0 Å². The van der Waals surface area contributed by atoms with Crippen molar-refractivity contribution in [1.29, 1.82) is 0 Å². The smallest absolute Gasteiger partial charge is 0.266 e. The van der Waals surface area contributed by atoms with E-state index in [1.54, 1.807) is 66.7 Å². The van der Waals surface area contributed by atoms with Crippen LogP contribution in [0.2, 0.25) is 0 Å². The van der Waals surface area contributed by atoms with Gasteiger partial charge in [0, 0.05) is 11.3 Å². The summed E-state index contributed by atoms with van der Waals surface area (Å²) in [5.41, 5.74) is 2.22. The van der Waals surface area contributed by atoms with E-state index in [0.29, 0.717) is 44.9 Å². The molecule has 0 bridgehead atoms. The van der Waals surface area contributed by atoms with Crippen LogP contribution in [0.15, 0.2) is 71.2 Å². The molecule has 9 heteroatoms. The van der Waals surface area contributed by atoms with Crippen molar-refractivity contribution < 1.29 is 19.1 Å². The quantitative estimate of drug-likeness (QED) is 0.369. The molecule has 0 spiro atoms. The van der Waals surface area contributed by atoms with Crippen LogP contribution >= 0.6 is 28.1 Å². The van der Waals surface area contributed by atoms with E-state index in [9.17, 15) is 14.4 Å². The summed E-state index contributed by atoms with van der Waals surface area (Å²) in [5, 5.41) is 5.65. The van der Waals surface area contributed by atoms with E-state index in [1.165, 1.54) is 0 Å². The molecule has 0 saturated carbocycles. The van der Waals surface area contributed by atoms with E-state index in [-0.39, 0.29) is 22.8 Å². The number of hydrogen-bond acceptors (Lipinski definition) is 5. The van der Waals surface area contributed by atoms with E-state index in [2.05, 4.69) is 26.6 Å². The lowest BCUT2D eigenvalue weighted by molar-refractivity contribution is 0.0923. The summed E-state index contributed by atoms with van der Waals surface area (Å²) in [7, 11) is 0. The first-order chi connectivity index (χ1) is 15.9. The lowest BCUT2D eigenvalue weighted by Crippen LogP contribution is -2.34. The van der Waals surface area contributed by atoms with Crippen LogP contribution in [-0.2, 0) is 0 Å². The summed E-state index contributed by atoms with van der Waals surface area (Å²) in [4.78, 5) is 38.9. The number of amides is 3. The molecule has 33 heavy (non-hydrogen) atoms. The number of benzene rings is 3.